The van der Waals surface area contributed by atoms with Gasteiger partial charge in [-0.05, 0) is 51.3 Å². The monoisotopic (exact) mass is 435 g/mol. The van der Waals surface area contributed by atoms with E-state index in [1.165, 1.54) is 0 Å². The van der Waals surface area contributed by atoms with Crippen LogP contribution in [0.1, 0.15) is 58.4 Å². The van der Waals surface area contributed by atoms with Crippen molar-refractivity contribution in [1.29, 1.82) is 0 Å². The number of benzene rings is 1. The zero-order valence-corrected chi connectivity index (χ0v) is 18.8. The predicted molar refractivity (Wildman–Crippen MR) is 121 cm³/mol. The molecule has 1 aromatic carbocycles. The molecule has 32 heavy (non-hydrogen) atoms. The fourth-order valence-corrected chi connectivity index (χ4v) is 4.28. The molecule has 0 unspecified atom stereocenters. The summed E-state index contributed by atoms with van der Waals surface area (Å²) in [4.78, 5) is 29.0. The molecule has 3 aromatic rings. The quantitative estimate of drug-likeness (QED) is 0.638. The van der Waals surface area contributed by atoms with Crippen LogP contribution in [0.5, 0.6) is 0 Å². The van der Waals surface area contributed by atoms with E-state index in [4.69, 9.17) is 4.52 Å². The zero-order chi connectivity index (χ0) is 22.7. The second-order valence-corrected chi connectivity index (χ2v) is 8.37. The van der Waals surface area contributed by atoms with Crippen molar-refractivity contribution in [2.45, 2.75) is 45.4 Å². The average molecular weight is 436 g/mol. The first-order chi connectivity index (χ1) is 15.4. The van der Waals surface area contributed by atoms with E-state index in [-0.39, 0.29) is 17.7 Å². The highest BCUT2D eigenvalue weighted by molar-refractivity contribution is 6.04. The van der Waals surface area contributed by atoms with Crippen molar-refractivity contribution in [3.8, 4) is 0 Å². The van der Waals surface area contributed by atoms with E-state index in [0.29, 0.717) is 31.6 Å². The maximum absolute atomic E-state index is 12.8. The summed E-state index contributed by atoms with van der Waals surface area (Å²) in [6.45, 7) is 5.20. The van der Waals surface area contributed by atoms with Crippen LogP contribution in [0.4, 0.5) is 5.69 Å². The van der Waals surface area contributed by atoms with Crippen molar-refractivity contribution in [3.05, 3.63) is 64.8 Å². The molecule has 0 bridgehead atoms. The van der Waals surface area contributed by atoms with Crippen molar-refractivity contribution in [2.24, 2.45) is 0 Å². The topological polar surface area (TPSA) is 95.3 Å². The van der Waals surface area contributed by atoms with Gasteiger partial charge in [-0.1, -0.05) is 23.4 Å². The number of aromatic amines is 1. The summed E-state index contributed by atoms with van der Waals surface area (Å²) in [5.74, 6) is 1.06. The normalized spacial score (nSPS) is 14.5. The number of rotatable bonds is 6. The van der Waals surface area contributed by atoms with Gasteiger partial charge < -0.3 is 14.3 Å². The van der Waals surface area contributed by atoms with Gasteiger partial charge in [0.2, 0.25) is 5.91 Å². The highest BCUT2D eigenvalue weighted by Gasteiger charge is 2.26. The number of hydrogen-bond donors (Lipinski definition) is 1. The summed E-state index contributed by atoms with van der Waals surface area (Å²) < 4.78 is 5.18. The number of carbonyl (C=O) groups excluding carboxylic acids is 2. The van der Waals surface area contributed by atoms with E-state index < -0.39 is 0 Å². The number of nitrogens with zero attached hydrogens (tertiary/aromatic N) is 4. The van der Waals surface area contributed by atoms with E-state index in [9.17, 15) is 9.59 Å². The van der Waals surface area contributed by atoms with E-state index in [2.05, 4.69) is 15.4 Å². The van der Waals surface area contributed by atoms with Crippen molar-refractivity contribution >= 4 is 17.5 Å². The number of anilines is 1. The average Bonchev–Trinajstić information content (AvgIpc) is 3.44. The van der Waals surface area contributed by atoms with Crippen LogP contribution in [0.15, 0.2) is 40.9 Å². The molecule has 1 saturated heterocycles. The molecule has 2 aromatic heterocycles. The molecule has 3 heterocycles. The van der Waals surface area contributed by atoms with Crippen molar-refractivity contribution < 1.29 is 14.1 Å². The van der Waals surface area contributed by atoms with Crippen LogP contribution in [-0.2, 0) is 11.2 Å². The van der Waals surface area contributed by atoms with Crippen molar-refractivity contribution in [2.75, 3.05) is 25.0 Å². The van der Waals surface area contributed by atoms with Crippen LogP contribution >= 0.6 is 0 Å². The third kappa shape index (κ3) is 4.59. The first kappa shape index (κ1) is 21.8. The minimum Gasteiger partial charge on any atom is -0.361 e. The lowest BCUT2D eigenvalue weighted by Gasteiger charge is -2.31. The lowest BCUT2D eigenvalue weighted by molar-refractivity contribution is -0.132. The number of piperidine rings is 1. The minimum absolute atomic E-state index is 0.148. The van der Waals surface area contributed by atoms with Gasteiger partial charge >= 0.3 is 0 Å². The molecule has 8 nitrogen and oxygen atoms in total. The minimum atomic E-state index is -0.148. The van der Waals surface area contributed by atoms with Crippen LogP contribution in [0.3, 0.4) is 0 Å². The summed E-state index contributed by atoms with van der Waals surface area (Å²) in [5, 5.41) is 11.3. The van der Waals surface area contributed by atoms with Gasteiger partial charge in [-0.15, -0.1) is 0 Å². The van der Waals surface area contributed by atoms with Crippen molar-refractivity contribution in [1.82, 2.24) is 20.3 Å². The molecule has 1 N–H and O–H groups in total. The van der Waals surface area contributed by atoms with Gasteiger partial charge in [0.1, 0.15) is 5.76 Å². The van der Waals surface area contributed by atoms with Crippen LogP contribution in [0.25, 0.3) is 0 Å². The van der Waals surface area contributed by atoms with Gasteiger partial charge in [-0.2, -0.15) is 5.10 Å². The summed E-state index contributed by atoms with van der Waals surface area (Å²) in [7, 11) is 1.75. The van der Waals surface area contributed by atoms with E-state index in [1.807, 2.05) is 55.1 Å². The van der Waals surface area contributed by atoms with Crippen molar-refractivity contribution in [3.63, 3.8) is 0 Å². The Morgan fingerprint density at radius 3 is 2.56 bits per heavy atom. The van der Waals surface area contributed by atoms with E-state index >= 15 is 0 Å². The molecular weight excluding hydrogens is 406 g/mol. The molecule has 8 heteroatoms. The number of aromatic nitrogens is 3. The predicted octanol–water partition coefficient (Wildman–Crippen LogP) is 3.63. The van der Waals surface area contributed by atoms with E-state index in [1.54, 1.807) is 11.9 Å². The third-order valence-electron chi connectivity index (χ3n) is 6.32. The number of amides is 2. The number of nitrogens with one attached hydrogen (secondary N) is 1. The third-order valence-corrected chi connectivity index (χ3v) is 6.32. The fraction of sp³-hybridized carbons (Fsp3) is 0.417. The number of hydrogen-bond acceptors (Lipinski definition) is 5. The SMILES string of the molecule is Cc1noc(C)c1CCC(=O)N1CCC(c2cc(C(=O)N(C)c3ccccc3)n[nH]2)CC1. The molecule has 0 atom stereocenters. The fourth-order valence-electron chi connectivity index (χ4n) is 4.28. The highest BCUT2D eigenvalue weighted by Crippen LogP contribution is 2.28. The molecule has 168 valence electrons. The first-order valence-corrected chi connectivity index (χ1v) is 11.0. The Balaban J connectivity index is 1.30. The molecule has 1 aliphatic rings. The lowest BCUT2D eigenvalue weighted by Crippen LogP contribution is -2.38. The number of H-pyrrole nitrogens is 1. The lowest BCUT2D eigenvalue weighted by atomic mass is 9.93. The molecule has 2 amide bonds. The second kappa shape index (κ2) is 9.38. The molecule has 1 fully saturated rings. The highest BCUT2D eigenvalue weighted by atomic mass is 16.5. The standard InChI is InChI=1S/C24H29N5O3/c1-16-20(17(2)32-27-16)9-10-23(30)29-13-11-18(12-14-29)21-15-22(26-25-21)24(31)28(3)19-7-5-4-6-8-19/h4-8,15,18H,9-14H2,1-3H3,(H,25,26). The van der Waals surface area contributed by atoms with Gasteiger partial charge in [0.25, 0.3) is 5.91 Å². The number of aryl methyl sites for hydroxylation is 2. The van der Waals surface area contributed by atoms with Crippen LogP contribution in [0.2, 0.25) is 0 Å². The number of likely N-dealkylation sites (tertiary alicyclic amines) is 1. The Morgan fingerprint density at radius 2 is 1.91 bits per heavy atom. The Hall–Kier alpha value is -3.42. The molecule has 0 radical (unpaired) electrons. The maximum atomic E-state index is 12.8. The number of para-hydroxylation sites is 1. The van der Waals surface area contributed by atoms with Crippen LogP contribution in [0, 0.1) is 13.8 Å². The van der Waals surface area contributed by atoms with Gasteiger partial charge in [-0.25, -0.2) is 0 Å². The molecule has 0 aliphatic carbocycles. The zero-order valence-electron chi connectivity index (χ0n) is 18.8. The summed E-state index contributed by atoms with van der Waals surface area (Å²) in [6.07, 6.45) is 2.81. The summed E-state index contributed by atoms with van der Waals surface area (Å²) in [6, 6.07) is 11.4. The molecule has 4 rings (SSSR count). The van der Waals surface area contributed by atoms with Gasteiger partial charge in [0.15, 0.2) is 5.69 Å². The number of carbonyl (C=O) groups is 2. The second-order valence-electron chi connectivity index (χ2n) is 8.37. The van der Waals surface area contributed by atoms with Crippen LogP contribution < -0.4 is 4.90 Å². The Labute approximate surface area is 187 Å². The summed E-state index contributed by atoms with van der Waals surface area (Å²) >= 11 is 0. The van der Waals surface area contributed by atoms with Gasteiger partial charge in [-0.3, -0.25) is 14.7 Å². The molecule has 0 saturated carbocycles. The Morgan fingerprint density at radius 1 is 1.19 bits per heavy atom. The van der Waals surface area contributed by atoms with Gasteiger partial charge in [0.05, 0.1) is 5.69 Å². The molecular formula is C24H29N5O3. The van der Waals surface area contributed by atoms with Gasteiger partial charge in [0, 0.05) is 49.4 Å². The molecule has 1 aliphatic heterocycles. The maximum Gasteiger partial charge on any atom is 0.278 e. The smallest absolute Gasteiger partial charge is 0.278 e. The molecule has 0 spiro atoms. The Kier molecular flexibility index (Phi) is 6.39. The largest absolute Gasteiger partial charge is 0.361 e. The van der Waals surface area contributed by atoms with E-state index in [0.717, 1.165) is 41.2 Å². The Bertz CT molecular complexity index is 1060. The first-order valence-electron chi connectivity index (χ1n) is 11.0. The van der Waals surface area contributed by atoms with Crippen LogP contribution in [-0.4, -0.2) is 52.2 Å². The summed E-state index contributed by atoms with van der Waals surface area (Å²) in [5.41, 5.74) is 4.08.